The van der Waals surface area contributed by atoms with E-state index in [0.29, 0.717) is 11.4 Å². The summed E-state index contributed by atoms with van der Waals surface area (Å²) >= 11 is 0. The highest BCUT2D eigenvalue weighted by Crippen LogP contribution is 2.24. The van der Waals surface area contributed by atoms with Crippen molar-refractivity contribution in [3.8, 4) is 0 Å². The van der Waals surface area contributed by atoms with Crippen molar-refractivity contribution in [3.05, 3.63) is 23.8 Å². The number of aromatic carboxylic acids is 1. The number of rotatable bonds is 4. The third kappa shape index (κ3) is 2.62. The van der Waals surface area contributed by atoms with Crippen LogP contribution >= 0.6 is 0 Å². The molecule has 1 unspecified atom stereocenters. The van der Waals surface area contributed by atoms with Gasteiger partial charge in [0.15, 0.2) is 0 Å². The third-order valence-corrected chi connectivity index (χ3v) is 2.33. The molecule has 0 aliphatic carbocycles. The van der Waals surface area contributed by atoms with E-state index in [9.17, 15) is 4.79 Å². The number of hydrogen-bond donors (Lipinski definition) is 3. The number of carboxylic acids is 1. The predicted octanol–water partition coefficient (Wildman–Crippen LogP) is 2.18. The van der Waals surface area contributed by atoms with Crippen molar-refractivity contribution in [1.82, 2.24) is 0 Å². The molecule has 0 radical (unpaired) electrons. The molecule has 0 aliphatic heterocycles. The molecule has 0 spiro atoms. The van der Waals surface area contributed by atoms with Gasteiger partial charge in [-0.05, 0) is 25.5 Å². The Hall–Kier alpha value is -1.71. The van der Waals surface area contributed by atoms with E-state index in [2.05, 4.69) is 5.32 Å². The van der Waals surface area contributed by atoms with Crippen LogP contribution in [-0.4, -0.2) is 17.1 Å². The van der Waals surface area contributed by atoms with Crippen molar-refractivity contribution < 1.29 is 9.90 Å². The molecule has 82 valence electrons. The van der Waals surface area contributed by atoms with Gasteiger partial charge < -0.3 is 16.2 Å². The number of hydrogen-bond acceptors (Lipinski definition) is 3. The lowest BCUT2D eigenvalue weighted by Gasteiger charge is -2.16. The van der Waals surface area contributed by atoms with E-state index in [1.54, 1.807) is 18.2 Å². The number of benzene rings is 1. The fraction of sp³-hybridized carbons (Fsp3) is 0.364. The van der Waals surface area contributed by atoms with Crippen LogP contribution in [-0.2, 0) is 0 Å². The van der Waals surface area contributed by atoms with Gasteiger partial charge in [-0.25, -0.2) is 4.79 Å². The zero-order valence-electron chi connectivity index (χ0n) is 8.95. The Bertz CT molecular complexity index is 364. The largest absolute Gasteiger partial charge is 0.478 e. The molecule has 4 N–H and O–H groups in total. The minimum Gasteiger partial charge on any atom is -0.478 e. The van der Waals surface area contributed by atoms with Crippen LogP contribution in [0, 0.1) is 0 Å². The normalized spacial score (nSPS) is 12.1. The highest BCUT2D eigenvalue weighted by atomic mass is 16.4. The minimum atomic E-state index is -0.965. The summed E-state index contributed by atoms with van der Waals surface area (Å²) in [5.74, 6) is -0.965. The Morgan fingerprint density at radius 3 is 2.80 bits per heavy atom. The zero-order chi connectivity index (χ0) is 11.4. The van der Waals surface area contributed by atoms with Crippen LogP contribution in [0.3, 0.4) is 0 Å². The summed E-state index contributed by atoms with van der Waals surface area (Å²) in [5, 5.41) is 12.1. The van der Waals surface area contributed by atoms with E-state index in [-0.39, 0.29) is 11.6 Å². The molecule has 0 fully saturated rings. The molecule has 0 amide bonds. The molecule has 0 bridgehead atoms. The molecule has 1 aromatic carbocycles. The van der Waals surface area contributed by atoms with Crippen molar-refractivity contribution in [2.24, 2.45) is 0 Å². The average Bonchev–Trinajstić information content (AvgIpc) is 2.20. The second-order valence-corrected chi connectivity index (χ2v) is 3.53. The van der Waals surface area contributed by atoms with Crippen LogP contribution in [0.15, 0.2) is 18.2 Å². The maximum absolute atomic E-state index is 10.9. The second kappa shape index (κ2) is 4.68. The van der Waals surface area contributed by atoms with Crippen LogP contribution in [0.1, 0.15) is 30.6 Å². The van der Waals surface area contributed by atoms with Crippen LogP contribution in [0.25, 0.3) is 0 Å². The van der Waals surface area contributed by atoms with E-state index in [1.807, 2.05) is 13.8 Å². The van der Waals surface area contributed by atoms with Crippen LogP contribution in [0.4, 0.5) is 11.4 Å². The van der Waals surface area contributed by atoms with Gasteiger partial charge in [0.05, 0.1) is 16.9 Å². The van der Waals surface area contributed by atoms with Gasteiger partial charge in [0.1, 0.15) is 0 Å². The lowest BCUT2D eigenvalue weighted by molar-refractivity contribution is 0.0698. The molecule has 1 atom stereocenters. The summed E-state index contributed by atoms with van der Waals surface area (Å²) in [6.45, 7) is 4.01. The van der Waals surface area contributed by atoms with Crippen LogP contribution < -0.4 is 11.1 Å². The van der Waals surface area contributed by atoms with Crippen molar-refractivity contribution >= 4 is 17.3 Å². The fourth-order valence-corrected chi connectivity index (χ4v) is 1.26. The van der Waals surface area contributed by atoms with E-state index >= 15 is 0 Å². The van der Waals surface area contributed by atoms with Gasteiger partial charge in [0.25, 0.3) is 0 Å². The minimum absolute atomic E-state index is 0.202. The third-order valence-electron chi connectivity index (χ3n) is 2.33. The highest BCUT2D eigenvalue weighted by Gasteiger charge is 2.13. The fourth-order valence-electron chi connectivity index (χ4n) is 1.26. The van der Waals surface area contributed by atoms with Crippen molar-refractivity contribution in [3.63, 3.8) is 0 Å². The number of carboxylic acid groups (broad SMARTS) is 1. The van der Waals surface area contributed by atoms with Gasteiger partial charge in [-0.3, -0.25) is 0 Å². The van der Waals surface area contributed by atoms with E-state index < -0.39 is 5.97 Å². The molecule has 1 rings (SSSR count). The Labute approximate surface area is 89.1 Å². The van der Waals surface area contributed by atoms with Gasteiger partial charge in [-0.2, -0.15) is 0 Å². The number of nitrogen functional groups attached to an aromatic ring is 1. The first-order valence-corrected chi connectivity index (χ1v) is 4.94. The van der Waals surface area contributed by atoms with Crippen molar-refractivity contribution in [1.29, 1.82) is 0 Å². The molecule has 0 saturated heterocycles. The molecule has 15 heavy (non-hydrogen) atoms. The number of anilines is 2. The first-order chi connectivity index (χ1) is 7.06. The Kier molecular flexibility index (Phi) is 3.55. The monoisotopic (exact) mass is 208 g/mol. The Balaban J connectivity index is 3.07. The Morgan fingerprint density at radius 1 is 1.60 bits per heavy atom. The average molecular weight is 208 g/mol. The first kappa shape index (κ1) is 11.4. The van der Waals surface area contributed by atoms with Gasteiger partial charge in [0, 0.05) is 6.04 Å². The van der Waals surface area contributed by atoms with Crippen molar-refractivity contribution in [2.45, 2.75) is 26.3 Å². The zero-order valence-corrected chi connectivity index (χ0v) is 8.95. The predicted molar refractivity (Wildman–Crippen MR) is 61.2 cm³/mol. The van der Waals surface area contributed by atoms with Crippen molar-refractivity contribution in [2.75, 3.05) is 11.1 Å². The lowest BCUT2D eigenvalue weighted by atomic mass is 10.1. The molecule has 4 heteroatoms. The summed E-state index contributed by atoms with van der Waals surface area (Å²) < 4.78 is 0. The molecule has 0 heterocycles. The van der Waals surface area contributed by atoms with Gasteiger partial charge in [-0.15, -0.1) is 0 Å². The van der Waals surface area contributed by atoms with E-state index in [1.165, 1.54) is 0 Å². The lowest BCUT2D eigenvalue weighted by Crippen LogP contribution is -2.17. The highest BCUT2D eigenvalue weighted by molar-refractivity contribution is 5.97. The second-order valence-electron chi connectivity index (χ2n) is 3.53. The number of carbonyl (C=O) groups is 1. The molecule has 0 aromatic heterocycles. The number of para-hydroxylation sites is 1. The van der Waals surface area contributed by atoms with Crippen LogP contribution in [0.2, 0.25) is 0 Å². The van der Waals surface area contributed by atoms with Crippen LogP contribution in [0.5, 0.6) is 0 Å². The number of nitrogens with two attached hydrogens (primary N) is 1. The van der Waals surface area contributed by atoms with Gasteiger partial charge in [0.2, 0.25) is 0 Å². The summed E-state index contributed by atoms with van der Waals surface area (Å²) in [4.78, 5) is 10.9. The van der Waals surface area contributed by atoms with E-state index in [0.717, 1.165) is 6.42 Å². The molecular formula is C11H16N2O2. The van der Waals surface area contributed by atoms with Gasteiger partial charge >= 0.3 is 5.97 Å². The summed E-state index contributed by atoms with van der Waals surface area (Å²) in [7, 11) is 0. The quantitative estimate of drug-likeness (QED) is 0.663. The molecular weight excluding hydrogens is 192 g/mol. The maximum Gasteiger partial charge on any atom is 0.337 e. The van der Waals surface area contributed by atoms with Gasteiger partial charge in [-0.1, -0.05) is 13.0 Å². The summed E-state index contributed by atoms with van der Waals surface area (Å²) in [5.41, 5.74) is 6.94. The molecule has 4 nitrogen and oxygen atoms in total. The standard InChI is InChI=1S/C11H16N2O2/c1-3-7(2)13-10-8(11(14)15)5-4-6-9(10)12/h4-7,13H,3,12H2,1-2H3,(H,14,15). The topological polar surface area (TPSA) is 75.3 Å². The summed E-state index contributed by atoms with van der Waals surface area (Å²) in [6, 6.07) is 5.08. The summed E-state index contributed by atoms with van der Waals surface area (Å²) in [6.07, 6.45) is 0.910. The SMILES string of the molecule is CCC(C)Nc1c(N)cccc1C(=O)O. The first-order valence-electron chi connectivity index (χ1n) is 4.94. The maximum atomic E-state index is 10.9. The number of nitrogens with one attached hydrogen (secondary N) is 1. The smallest absolute Gasteiger partial charge is 0.337 e. The molecule has 0 saturated carbocycles. The molecule has 0 aliphatic rings. The van der Waals surface area contributed by atoms with E-state index in [4.69, 9.17) is 10.8 Å². The molecule has 1 aromatic rings. The Morgan fingerprint density at radius 2 is 2.27 bits per heavy atom.